The minimum absolute atomic E-state index is 0.0204. The molecule has 2 aliphatic heterocycles. The zero-order valence-corrected chi connectivity index (χ0v) is 14.8. The van der Waals surface area contributed by atoms with Crippen LogP contribution in [0.25, 0.3) is 0 Å². The number of ether oxygens (including phenoxy) is 2. The zero-order valence-electron chi connectivity index (χ0n) is 14.0. The first-order valence-corrected chi connectivity index (χ1v) is 8.99. The molecule has 26 heavy (non-hydrogen) atoms. The van der Waals surface area contributed by atoms with Crippen molar-refractivity contribution in [1.82, 2.24) is 9.97 Å². The van der Waals surface area contributed by atoms with Crippen molar-refractivity contribution in [2.75, 3.05) is 30.5 Å². The Balaban J connectivity index is 1.86. The molecule has 0 unspecified atom stereocenters. The first-order chi connectivity index (χ1) is 12.5. The maximum atomic E-state index is 10.3. The number of aliphatic hydroxyl groups excluding tert-OH is 4. The van der Waals surface area contributed by atoms with Crippen LogP contribution in [0.15, 0.2) is 16.5 Å². The largest absolute Gasteiger partial charge is 0.477 e. The van der Waals surface area contributed by atoms with Crippen molar-refractivity contribution in [3.8, 4) is 5.88 Å². The van der Waals surface area contributed by atoms with E-state index in [-0.39, 0.29) is 18.4 Å². The van der Waals surface area contributed by atoms with Gasteiger partial charge in [0, 0.05) is 6.61 Å². The van der Waals surface area contributed by atoms with Crippen molar-refractivity contribution in [3.05, 3.63) is 11.6 Å². The Bertz CT molecular complexity index is 678. The number of hydrogen-bond acceptors (Lipinski definition) is 11. The first kappa shape index (κ1) is 19.1. The maximum absolute atomic E-state index is 10.3. The van der Waals surface area contributed by atoms with Crippen molar-refractivity contribution < 1.29 is 29.9 Å². The van der Waals surface area contributed by atoms with Gasteiger partial charge >= 0.3 is 0 Å². The molecule has 0 saturated carbocycles. The summed E-state index contributed by atoms with van der Waals surface area (Å²) >= 11 is 1.24. The molecule has 2 aliphatic rings. The number of anilines is 2. The second-order valence-corrected chi connectivity index (χ2v) is 7.00. The number of hydrogen-bond donors (Lipinski definition) is 5. The molecule has 0 aromatic carbocycles. The van der Waals surface area contributed by atoms with E-state index in [2.05, 4.69) is 16.5 Å². The Hall–Kier alpha value is -1.63. The Morgan fingerprint density at radius 1 is 1.23 bits per heavy atom. The molecule has 1 aromatic rings. The van der Waals surface area contributed by atoms with Crippen LogP contribution in [0, 0.1) is 0 Å². The van der Waals surface area contributed by atoms with Crippen molar-refractivity contribution in [2.45, 2.75) is 42.3 Å². The predicted octanol–water partition coefficient (Wildman–Crippen LogP) is -0.968. The Morgan fingerprint density at radius 2 is 2.00 bits per heavy atom. The van der Waals surface area contributed by atoms with Crippen LogP contribution in [0.2, 0.25) is 0 Å². The van der Waals surface area contributed by atoms with E-state index in [0.29, 0.717) is 35.2 Å². The molecule has 144 valence electrons. The highest BCUT2D eigenvalue weighted by molar-refractivity contribution is 8.03. The average Bonchev–Trinajstić information content (AvgIpc) is 3.08. The minimum atomic E-state index is -1.26. The summed E-state index contributed by atoms with van der Waals surface area (Å²) in [6, 6.07) is 0. The summed E-state index contributed by atoms with van der Waals surface area (Å²) in [5, 5.41) is 38.9. The van der Waals surface area contributed by atoms with Gasteiger partial charge in [0.25, 0.3) is 0 Å². The third-order valence-corrected chi connectivity index (χ3v) is 5.11. The Kier molecular flexibility index (Phi) is 5.85. The van der Waals surface area contributed by atoms with E-state index in [9.17, 15) is 15.3 Å². The number of rotatable bonds is 7. The summed E-state index contributed by atoms with van der Waals surface area (Å²) in [4.78, 5) is 10.4. The molecule has 3 heterocycles. The molecule has 4 atom stereocenters. The van der Waals surface area contributed by atoms with Gasteiger partial charge in [-0.2, -0.15) is 9.97 Å². The standard InChI is InChI=1S/C15H22N4O6S/c1-7-19(14-10(23)9(22)8(6-21)25-14)12-11(26-7)13(18-15(16)17-12)24-5-3-2-4-20/h8-10,14,20-23H,1-6H2,(H2,16,17,18)/t8-,9-,10-,14-/m1/s1. The molecular formula is C15H22N4O6S. The van der Waals surface area contributed by atoms with Gasteiger partial charge in [0.15, 0.2) is 12.0 Å². The topological polar surface area (TPSA) is 154 Å². The molecule has 1 fully saturated rings. The van der Waals surface area contributed by atoms with Gasteiger partial charge in [-0.15, -0.1) is 0 Å². The second-order valence-electron chi connectivity index (χ2n) is 5.91. The van der Waals surface area contributed by atoms with E-state index in [1.807, 2.05) is 0 Å². The molecule has 0 amide bonds. The van der Waals surface area contributed by atoms with Gasteiger partial charge in [-0.3, -0.25) is 4.90 Å². The lowest BCUT2D eigenvalue weighted by Crippen LogP contribution is -2.42. The van der Waals surface area contributed by atoms with Crippen molar-refractivity contribution in [1.29, 1.82) is 0 Å². The molecule has 0 aliphatic carbocycles. The van der Waals surface area contributed by atoms with Gasteiger partial charge in [-0.1, -0.05) is 18.3 Å². The average molecular weight is 386 g/mol. The van der Waals surface area contributed by atoms with Gasteiger partial charge in [-0.05, 0) is 12.8 Å². The van der Waals surface area contributed by atoms with E-state index in [0.717, 1.165) is 0 Å². The normalized spacial score (nSPS) is 27.8. The van der Waals surface area contributed by atoms with Crippen LogP contribution < -0.4 is 15.4 Å². The van der Waals surface area contributed by atoms with E-state index in [1.54, 1.807) is 0 Å². The number of thioether (sulfide) groups is 1. The fraction of sp³-hybridized carbons (Fsp3) is 0.600. The maximum Gasteiger partial charge on any atom is 0.234 e. The van der Waals surface area contributed by atoms with Crippen molar-refractivity contribution >= 4 is 23.5 Å². The summed E-state index contributed by atoms with van der Waals surface area (Å²) in [5.41, 5.74) is 5.78. The summed E-state index contributed by atoms with van der Waals surface area (Å²) in [5.74, 6) is 0.623. The number of nitrogens with zero attached hydrogens (tertiary/aromatic N) is 3. The third-order valence-electron chi connectivity index (χ3n) is 4.11. The number of unbranched alkanes of at least 4 members (excludes halogenated alkanes) is 1. The van der Waals surface area contributed by atoms with Crippen molar-refractivity contribution in [2.24, 2.45) is 0 Å². The lowest BCUT2D eigenvalue weighted by Gasteiger charge is -2.27. The van der Waals surface area contributed by atoms with E-state index in [1.165, 1.54) is 16.7 Å². The molecular weight excluding hydrogens is 364 g/mol. The molecule has 6 N–H and O–H groups in total. The van der Waals surface area contributed by atoms with Crippen LogP contribution in [0.4, 0.5) is 11.8 Å². The van der Waals surface area contributed by atoms with Gasteiger partial charge in [0.05, 0.1) is 18.2 Å². The first-order valence-electron chi connectivity index (χ1n) is 8.17. The van der Waals surface area contributed by atoms with Gasteiger partial charge < -0.3 is 35.6 Å². The number of aromatic nitrogens is 2. The lowest BCUT2D eigenvalue weighted by molar-refractivity contribution is -0.0205. The fourth-order valence-electron chi connectivity index (χ4n) is 2.81. The van der Waals surface area contributed by atoms with Gasteiger partial charge in [-0.25, -0.2) is 0 Å². The summed E-state index contributed by atoms with van der Waals surface area (Å²) in [7, 11) is 0. The number of aliphatic hydroxyl groups is 4. The van der Waals surface area contributed by atoms with Crippen LogP contribution >= 0.6 is 11.8 Å². The Morgan fingerprint density at radius 3 is 2.65 bits per heavy atom. The highest BCUT2D eigenvalue weighted by Crippen LogP contribution is 2.50. The highest BCUT2D eigenvalue weighted by atomic mass is 32.2. The van der Waals surface area contributed by atoms with Gasteiger partial charge in [0.1, 0.15) is 23.2 Å². The zero-order chi connectivity index (χ0) is 18.8. The highest BCUT2D eigenvalue weighted by Gasteiger charge is 2.49. The number of nitrogens with two attached hydrogens (primary N) is 1. The van der Waals surface area contributed by atoms with Gasteiger partial charge in [0.2, 0.25) is 11.8 Å². The quantitative estimate of drug-likeness (QED) is 0.368. The van der Waals surface area contributed by atoms with Crippen molar-refractivity contribution in [3.63, 3.8) is 0 Å². The number of fused-ring (bicyclic) bond motifs is 1. The van der Waals surface area contributed by atoms with Crippen LogP contribution in [0.1, 0.15) is 12.8 Å². The van der Waals surface area contributed by atoms with Crippen LogP contribution in [-0.4, -0.2) is 74.8 Å². The van der Waals surface area contributed by atoms with E-state index in [4.69, 9.17) is 20.3 Å². The third kappa shape index (κ3) is 3.46. The van der Waals surface area contributed by atoms with E-state index >= 15 is 0 Å². The summed E-state index contributed by atoms with van der Waals surface area (Å²) in [6.45, 7) is 3.94. The molecule has 10 nitrogen and oxygen atoms in total. The SMILES string of the molecule is C=C1Sc2c(OCCCCO)nc(N)nc2N1[C@@H]1O[C@H](CO)[C@@H](O)[C@H]1O. The second kappa shape index (κ2) is 7.94. The predicted molar refractivity (Wildman–Crippen MR) is 93.5 cm³/mol. The molecule has 0 radical (unpaired) electrons. The molecule has 1 aromatic heterocycles. The summed E-state index contributed by atoms with van der Waals surface area (Å²) in [6.07, 6.45) is -3.12. The smallest absolute Gasteiger partial charge is 0.234 e. The molecule has 3 rings (SSSR count). The van der Waals surface area contributed by atoms with Crippen LogP contribution in [0.5, 0.6) is 5.88 Å². The molecule has 11 heteroatoms. The fourth-order valence-corrected chi connectivity index (χ4v) is 3.76. The number of nitrogen functional groups attached to an aromatic ring is 1. The van der Waals surface area contributed by atoms with E-state index < -0.39 is 31.1 Å². The lowest BCUT2D eigenvalue weighted by atomic mass is 10.1. The van der Waals surface area contributed by atoms with Crippen LogP contribution in [-0.2, 0) is 4.74 Å². The Labute approximate surface area is 154 Å². The summed E-state index contributed by atoms with van der Waals surface area (Å²) < 4.78 is 11.2. The minimum Gasteiger partial charge on any atom is -0.477 e. The molecule has 1 saturated heterocycles. The monoisotopic (exact) mass is 386 g/mol. The molecule has 0 bridgehead atoms. The molecule has 0 spiro atoms. The van der Waals surface area contributed by atoms with Crippen LogP contribution in [0.3, 0.4) is 0 Å².